The van der Waals surface area contributed by atoms with Gasteiger partial charge in [-0.2, -0.15) is 0 Å². The van der Waals surface area contributed by atoms with Gasteiger partial charge >= 0.3 is 0 Å². The van der Waals surface area contributed by atoms with E-state index >= 15 is 0 Å². The minimum Gasteiger partial charge on any atom is -0.380 e. The van der Waals surface area contributed by atoms with Crippen LogP contribution in [0.1, 0.15) is 44.7 Å². The van der Waals surface area contributed by atoms with Gasteiger partial charge in [0.05, 0.1) is 18.5 Å². The molecule has 0 saturated heterocycles. The highest BCUT2D eigenvalue weighted by molar-refractivity contribution is 5.70. The number of carbonyl (C=O) groups is 1. The third-order valence-corrected chi connectivity index (χ3v) is 3.46. The first-order valence-corrected chi connectivity index (χ1v) is 7.76. The van der Waals surface area contributed by atoms with E-state index in [4.69, 9.17) is 4.74 Å². The molecule has 5 nitrogen and oxygen atoms in total. The summed E-state index contributed by atoms with van der Waals surface area (Å²) < 4.78 is 5.28. The van der Waals surface area contributed by atoms with Crippen LogP contribution < -0.4 is 10.6 Å². The number of ether oxygens (including phenoxy) is 1. The summed E-state index contributed by atoms with van der Waals surface area (Å²) in [7, 11) is 0. The van der Waals surface area contributed by atoms with E-state index in [1.54, 1.807) is 6.20 Å². The van der Waals surface area contributed by atoms with Gasteiger partial charge in [0.25, 0.3) is 0 Å². The molecule has 0 aliphatic carbocycles. The number of nitrogens with zero attached hydrogens (tertiary/aromatic N) is 1. The predicted molar refractivity (Wildman–Crippen MR) is 85.6 cm³/mol. The van der Waals surface area contributed by atoms with E-state index in [2.05, 4.69) is 22.5 Å². The van der Waals surface area contributed by atoms with Gasteiger partial charge in [-0.3, -0.25) is 9.78 Å². The molecule has 118 valence electrons. The Balaban J connectivity index is 2.28. The fourth-order valence-electron chi connectivity index (χ4n) is 2.25. The number of hydrogen-bond donors (Lipinski definition) is 2. The normalized spacial score (nSPS) is 12.1. The maximum Gasteiger partial charge on any atom is 0.211 e. The first kappa shape index (κ1) is 17.6. The summed E-state index contributed by atoms with van der Waals surface area (Å²) in [4.78, 5) is 14.8. The van der Waals surface area contributed by atoms with Crippen LogP contribution in [0.5, 0.6) is 0 Å². The quantitative estimate of drug-likeness (QED) is 0.459. The van der Waals surface area contributed by atoms with Crippen LogP contribution in [-0.4, -0.2) is 37.7 Å². The molecule has 0 fully saturated rings. The number of nitrogens with one attached hydrogen (secondary N) is 2. The highest BCUT2D eigenvalue weighted by Gasteiger charge is 2.10. The molecular weight excluding hydrogens is 266 g/mol. The molecule has 0 aliphatic heterocycles. The molecule has 21 heavy (non-hydrogen) atoms. The lowest BCUT2D eigenvalue weighted by Crippen LogP contribution is -2.21. The molecule has 1 heterocycles. The topological polar surface area (TPSA) is 63.2 Å². The van der Waals surface area contributed by atoms with Crippen LogP contribution in [0.3, 0.4) is 0 Å². The molecule has 5 heteroatoms. The van der Waals surface area contributed by atoms with Gasteiger partial charge < -0.3 is 15.4 Å². The lowest BCUT2D eigenvalue weighted by molar-refractivity contribution is -0.105. The van der Waals surface area contributed by atoms with Crippen LogP contribution in [0.4, 0.5) is 5.69 Å². The molecule has 1 rings (SSSR count). The van der Waals surface area contributed by atoms with Crippen molar-refractivity contribution in [2.45, 2.75) is 39.0 Å². The van der Waals surface area contributed by atoms with Crippen molar-refractivity contribution in [3.05, 3.63) is 24.0 Å². The van der Waals surface area contributed by atoms with Gasteiger partial charge in [-0.05, 0) is 44.9 Å². The molecule has 2 N–H and O–H groups in total. The number of anilines is 1. The number of hydrogen-bond acceptors (Lipinski definition) is 4. The molecule has 0 saturated carbocycles. The van der Waals surface area contributed by atoms with Crippen molar-refractivity contribution in [1.29, 1.82) is 0 Å². The Labute approximate surface area is 127 Å². The van der Waals surface area contributed by atoms with Gasteiger partial charge in [-0.25, -0.2) is 0 Å². The van der Waals surface area contributed by atoms with E-state index in [-0.39, 0.29) is 0 Å². The number of aromatic nitrogens is 1. The second-order valence-electron chi connectivity index (χ2n) is 4.93. The van der Waals surface area contributed by atoms with Crippen molar-refractivity contribution in [2.75, 3.05) is 31.6 Å². The Morgan fingerprint density at radius 1 is 1.33 bits per heavy atom. The molecule has 1 amide bonds. The van der Waals surface area contributed by atoms with E-state index in [1.165, 1.54) is 0 Å². The molecule has 0 aromatic carbocycles. The van der Waals surface area contributed by atoms with E-state index in [1.807, 2.05) is 19.1 Å². The zero-order chi connectivity index (χ0) is 15.3. The Morgan fingerprint density at radius 3 is 2.81 bits per heavy atom. The SMILES string of the molecule is CCOCCNCCC[C@H](CC)c1ccc(NC=O)cn1. The number of pyridine rings is 1. The number of rotatable bonds is 12. The predicted octanol–water partition coefficient (Wildman–Crippen LogP) is 2.55. The monoisotopic (exact) mass is 293 g/mol. The molecule has 1 aromatic heterocycles. The van der Waals surface area contributed by atoms with E-state index in [9.17, 15) is 4.79 Å². The van der Waals surface area contributed by atoms with Crippen molar-refractivity contribution in [3.63, 3.8) is 0 Å². The van der Waals surface area contributed by atoms with E-state index < -0.39 is 0 Å². The lowest BCUT2D eigenvalue weighted by atomic mass is 9.96. The van der Waals surface area contributed by atoms with Gasteiger partial charge in [0.15, 0.2) is 0 Å². The third kappa shape index (κ3) is 7.20. The average Bonchev–Trinajstić information content (AvgIpc) is 2.52. The number of carbonyl (C=O) groups excluding carboxylic acids is 1. The van der Waals surface area contributed by atoms with Crippen LogP contribution in [0.2, 0.25) is 0 Å². The second-order valence-corrected chi connectivity index (χ2v) is 4.93. The first-order chi connectivity index (χ1) is 10.3. The summed E-state index contributed by atoms with van der Waals surface area (Å²) in [5.74, 6) is 0.476. The summed E-state index contributed by atoms with van der Waals surface area (Å²) in [5.41, 5.74) is 1.84. The van der Waals surface area contributed by atoms with Crippen LogP contribution in [0.15, 0.2) is 18.3 Å². The second kappa shape index (κ2) is 11.2. The standard InChI is InChI=1S/C16H27N3O2/c1-3-14(6-5-9-17-10-11-21-4-2)16-8-7-15(12-18-16)19-13-20/h7-8,12-14,17H,3-6,9-11H2,1-2H3,(H,19,20)/t14-/m0/s1. The molecule has 0 bridgehead atoms. The molecular formula is C16H27N3O2. The van der Waals surface area contributed by atoms with Crippen molar-refractivity contribution in [2.24, 2.45) is 0 Å². The summed E-state index contributed by atoms with van der Waals surface area (Å²) in [6.07, 6.45) is 5.70. The van der Waals surface area contributed by atoms with Crippen molar-refractivity contribution in [1.82, 2.24) is 10.3 Å². The van der Waals surface area contributed by atoms with Gasteiger partial charge in [0, 0.05) is 24.8 Å². The Bertz CT molecular complexity index is 382. The van der Waals surface area contributed by atoms with Crippen LogP contribution in [0.25, 0.3) is 0 Å². The fraction of sp³-hybridized carbons (Fsp3) is 0.625. The van der Waals surface area contributed by atoms with Crippen molar-refractivity contribution >= 4 is 12.1 Å². The van der Waals surface area contributed by atoms with Crippen LogP contribution in [0, 0.1) is 0 Å². The summed E-state index contributed by atoms with van der Waals surface area (Å²) in [5, 5.41) is 5.99. The maximum atomic E-state index is 10.4. The lowest BCUT2D eigenvalue weighted by Gasteiger charge is -2.15. The highest BCUT2D eigenvalue weighted by atomic mass is 16.5. The minimum atomic E-state index is 0.476. The zero-order valence-corrected chi connectivity index (χ0v) is 13.1. The molecule has 1 atom stereocenters. The molecule has 0 spiro atoms. The Kier molecular flexibility index (Phi) is 9.40. The van der Waals surface area contributed by atoms with Gasteiger partial charge in [0.2, 0.25) is 6.41 Å². The molecule has 0 aliphatic rings. The first-order valence-electron chi connectivity index (χ1n) is 7.76. The van der Waals surface area contributed by atoms with Crippen LogP contribution in [-0.2, 0) is 9.53 Å². The van der Waals surface area contributed by atoms with Gasteiger partial charge in [0.1, 0.15) is 0 Å². The van der Waals surface area contributed by atoms with Crippen molar-refractivity contribution in [3.8, 4) is 0 Å². The van der Waals surface area contributed by atoms with E-state index in [0.29, 0.717) is 12.3 Å². The average molecular weight is 293 g/mol. The summed E-state index contributed by atoms with van der Waals surface area (Å²) in [6, 6.07) is 3.91. The fourth-order valence-corrected chi connectivity index (χ4v) is 2.25. The smallest absolute Gasteiger partial charge is 0.211 e. The van der Waals surface area contributed by atoms with Crippen LogP contribution >= 0.6 is 0 Å². The number of amides is 1. The Morgan fingerprint density at radius 2 is 2.19 bits per heavy atom. The van der Waals surface area contributed by atoms with E-state index in [0.717, 1.165) is 56.9 Å². The van der Waals surface area contributed by atoms with Crippen molar-refractivity contribution < 1.29 is 9.53 Å². The third-order valence-electron chi connectivity index (χ3n) is 3.46. The minimum absolute atomic E-state index is 0.476. The Hall–Kier alpha value is -1.46. The summed E-state index contributed by atoms with van der Waals surface area (Å²) in [6.45, 7) is 7.67. The zero-order valence-electron chi connectivity index (χ0n) is 13.1. The molecule has 0 radical (unpaired) electrons. The largest absolute Gasteiger partial charge is 0.380 e. The van der Waals surface area contributed by atoms with Gasteiger partial charge in [-0.1, -0.05) is 6.92 Å². The maximum absolute atomic E-state index is 10.4. The molecule has 1 aromatic rings. The van der Waals surface area contributed by atoms with Gasteiger partial charge in [-0.15, -0.1) is 0 Å². The summed E-state index contributed by atoms with van der Waals surface area (Å²) >= 11 is 0. The molecule has 0 unspecified atom stereocenters. The highest BCUT2D eigenvalue weighted by Crippen LogP contribution is 2.23.